The minimum atomic E-state index is -1.43. The molecule has 2 rings (SSSR count). The number of hydrogen-bond donors (Lipinski definition) is 1. The van der Waals surface area contributed by atoms with E-state index in [4.69, 9.17) is 4.74 Å². The highest BCUT2D eigenvalue weighted by molar-refractivity contribution is 6.08. The maximum atomic E-state index is 13.1. The van der Waals surface area contributed by atoms with Crippen LogP contribution >= 0.6 is 0 Å². The number of amides is 1. The Kier molecular flexibility index (Phi) is 7.18. The third-order valence-corrected chi connectivity index (χ3v) is 4.93. The molecule has 1 aliphatic heterocycles. The van der Waals surface area contributed by atoms with Crippen LogP contribution in [0.25, 0.3) is 0 Å². The van der Waals surface area contributed by atoms with E-state index in [0.29, 0.717) is 19.4 Å². The van der Waals surface area contributed by atoms with Gasteiger partial charge in [-0.05, 0) is 30.9 Å². The van der Waals surface area contributed by atoms with Crippen molar-refractivity contribution in [2.75, 3.05) is 18.6 Å². The van der Waals surface area contributed by atoms with Gasteiger partial charge >= 0.3 is 11.9 Å². The van der Waals surface area contributed by atoms with Crippen LogP contribution in [0.5, 0.6) is 0 Å². The molecule has 1 aliphatic rings. The highest BCUT2D eigenvalue weighted by atomic mass is 16.5. The molecule has 1 heterocycles. The molecule has 0 bridgehead atoms. The van der Waals surface area contributed by atoms with Crippen LogP contribution < -0.4 is 4.90 Å². The second-order valence-corrected chi connectivity index (χ2v) is 6.66. The second kappa shape index (κ2) is 9.36. The number of fused-ring (bicyclic) bond motifs is 1. The maximum Gasteiger partial charge on any atom is 0.316 e. The van der Waals surface area contributed by atoms with Crippen LogP contribution in [-0.4, -0.2) is 36.6 Å². The van der Waals surface area contributed by atoms with Crippen LogP contribution in [0, 0.1) is 11.8 Å². The first-order valence-electron chi connectivity index (χ1n) is 9.21. The number of esters is 1. The van der Waals surface area contributed by atoms with Gasteiger partial charge in [-0.25, -0.2) is 0 Å². The van der Waals surface area contributed by atoms with E-state index >= 15 is 0 Å². The molecule has 1 aromatic carbocycles. The van der Waals surface area contributed by atoms with Crippen LogP contribution in [0.1, 0.15) is 44.6 Å². The maximum absolute atomic E-state index is 13.1. The Labute approximate surface area is 154 Å². The number of methoxy groups -OCH3 is 1. The van der Waals surface area contributed by atoms with Crippen LogP contribution in [-0.2, 0) is 25.5 Å². The van der Waals surface area contributed by atoms with Crippen molar-refractivity contribution in [3.8, 4) is 0 Å². The number of nitrogens with zero attached hydrogens (tertiary/aromatic N) is 1. The second-order valence-electron chi connectivity index (χ2n) is 6.66. The lowest BCUT2D eigenvalue weighted by Crippen LogP contribution is -2.47. The third-order valence-electron chi connectivity index (χ3n) is 4.93. The van der Waals surface area contributed by atoms with E-state index in [2.05, 4.69) is 0 Å². The molecule has 1 unspecified atom stereocenters. The number of rotatable bonds is 8. The average Bonchev–Trinajstić information content (AvgIpc) is 2.65. The molecule has 0 saturated heterocycles. The Bertz CT molecular complexity index is 657. The number of ether oxygens (including phenoxy) is 1. The van der Waals surface area contributed by atoms with E-state index in [1.54, 1.807) is 0 Å². The number of para-hydroxylation sites is 1. The Morgan fingerprint density at radius 3 is 2.62 bits per heavy atom. The minimum absolute atomic E-state index is 0.332. The molecule has 0 radical (unpaired) electrons. The summed E-state index contributed by atoms with van der Waals surface area (Å²) in [6, 6.07) is 7.52. The van der Waals surface area contributed by atoms with Gasteiger partial charge in [-0.15, -0.1) is 0 Å². The number of carbonyl (C=O) groups excluding carboxylic acids is 2. The first-order chi connectivity index (χ1) is 12.5. The summed E-state index contributed by atoms with van der Waals surface area (Å²) >= 11 is 0. The first kappa shape index (κ1) is 19.9. The molecule has 0 aromatic heterocycles. The lowest BCUT2D eigenvalue weighted by Gasteiger charge is -2.33. The number of hydrogen-bond acceptors (Lipinski definition) is 4. The summed E-state index contributed by atoms with van der Waals surface area (Å²) < 4.78 is 4.81. The summed E-state index contributed by atoms with van der Waals surface area (Å²) in [5.74, 6) is -4.83. The van der Waals surface area contributed by atoms with Crippen molar-refractivity contribution in [3.63, 3.8) is 0 Å². The number of aliphatic carboxylic acids is 1. The van der Waals surface area contributed by atoms with Gasteiger partial charge in [0.25, 0.3) is 0 Å². The molecule has 1 N–H and O–H groups in total. The van der Waals surface area contributed by atoms with E-state index in [0.717, 1.165) is 36.9 Å². The number of carboxylic acids is 1. The van der Waals surface area contributed by atoms with Crippen LogP contribution in [0.2, 0.25) is 0 Å². The molecule has 2 atom stereocenters. The largest absolute Gasteiger partial charge is 0.481 e. The normalized spacial score (nSPS) is 15.7. The van der Waals surface area contributed by atoms with Crippen LogP contribution in [0.15, 0.2) is 24.3 Å². The van der Waals surface area contributed by atoms with Gasteiger partial charge in [-0.1, -0.05) is 44.4 Å². The molecule has 0 saturated carbocycles. The number of unbranched alkanes of at least 4 members (excludes halogenated alkanes) is 2. The van der Waals surface area contributed by atoms with Crippen molar-refractivity contribution in [1.82, 2.24) is 0 Å². The van der Waals surface area contributed by atoms with Crippen molar-refractivity contribution in [3.05, 3.63) is 29.8 Å². The highest BCUT2D eigenvalue weighted by Gasteiger charge is 2.42. The summed E-state index contributed by atoms with van der Waals surface area (Å²) in [6.07, 6.45) is 4.46. The Hall–Kier alpha value is -2.37. The molecular weight excluding hydrogens is 334 g/mol. The van der Waals surface area contributed by atoms with Gasteiger partial charge in [-0.2, -0.15) is 0 Å². The smallest absolute Gasteiger partial charge is 0.316 e. The highest BCUT2D eigenvalue weighted by Crippen LogP contribution is 2.31. The summed E-state index contributed by atoms with van der Waals surface area (Å²) in [4.78, 5) is 38.8. The van der Waals surface area contributed by atoms with E-state index in [1.807, 2.05) is 31.2 Å². The molecule has 0 spiro atoms. The molecule has 0 aliphatic carbocycles. The van der Waals surface area contributed by atoms with Gasteiger partial charge < -0.3 is 14.7 Å². The summed E-state index contributed by atoms with van der Waals surface area (Å²) in [6.45, 7) is 2.49. The van der Waals surface area contributed by atoms with E-state index < -0.39 is 29.7 Å². The lowest BCUT2D eigenvalue weighted by atomic mass is 9.85. The molecule has 6 heteroatoms. The summed E-state index contributed by atoms with van der Waals surface area (Å²) in [5, 5.41) is 9.74. The van der Waals surface area contributed by atoms with Gasteiger partial charge in [0.05, 0.1) is 13.0 Å². The van der Waals surface area contributed by atoms with Crippen LogP contribution in [0.4, 0.5) is 5.69 Å². The lowest BCUT2D eigenvalue weighted by molar-refractivity contribution is -0.159. The van der Waals surface area contributed by atoms with E-state index in [-0.39, 0.29) is 0 Å². The molecule has 6 nitrogen and oxygen atoms in total. The number of anilines is 1. The molecule has 0 fully saturated rings. The van der Waals surface area contributed by atoms with Crippen molar-refractivity contribution in [2.45, 2.75) is 45.4 Å². The molecule has 142 valence electrons. The van der Waals surface area contributed by atoms with Gasteiger partial charge in [-0.3, -0.25) is 14.4 Å². The van der Waals surface area contributed by atoms with Crippen molar-refractivity contribution in [2.24, 2.45) is 11.8 Å². The average molecular weight is 361 g/mol. The monoisotopic (exact) mass is 361 g/mol. The van der Waals surface area contributed by atoms with Crippen molar-refractivity contribution < 1.29 is 24.2 Å². The first-order valence-corrected chi connectivity index (χ1v) is 9.21. The third kappa shape index (κ3) is 4.42. The number of benzene rings is 1. The Morgan fingerprint density at radius 1 is 1.23 bits per heavy atom. The van der Waals surface area contributed by atoms with Gasteiger partial charge in [0.2, 0.25) is 5.91 Å². The van der Waals surface area contributed by atoms with Gasteiger partial charge in [0.1, 0.15) is 5.92 Å². The zero-order chi connectivity index (χ0) is 19.1. The number of carbonyl (C=O) groups is 3. The Morgan fingerprint density at radius 2 is 1.96 bits per heavy atom. The molecule has 1 aromatic rings. The fourth-order valence-electron chi connectivity index (χ4n) is 3.57. The predicted octanol–water partition coefficient (Wildman–Crippen LogP) is 3.04. The van der Waals surface area contributed by atoms with Crippen molar-refractivity contribution in [1.29, 1.82) is 0 Å². The standard InChI is InChI=1S/C20H27NO5/c1-3-4-5-11-15(20(25)26-2)17(19(23)24)18(22)21-13-8-10-14-9-6-7-12-16(14)21/h6-7,9,12,15,17H,3-5,8,10-11,13H2,1-2H3,(H,23,24)/t15-,17?/m0/s1. The molecule has 26 heavy (non-hydrogen) atoms. The quantitative estimate of drug-likeness (QED) is 0.437. The number of carboxylic acid groups (broad SMARTS) is 1. The summed E-state index contributed by atoms with van der Waals surface area (Å²) in [7, 11) is 1.23. The van der Waals surface area contributed by atoms with E-state index in [1.165, 1.54) is 12.0 Å². The van der Waals surface area contributed by atoms with Gasteiger partial charge in [0.15, 0.2) is 0 Å². The zero-order valence-corrected chi connectivity index (χ0v) is 15.4. The topological polar surface area (TPSA) is 83.9 Å². The van der Waals surface area contributed by atoms with Gasteiger partial charge in [0, 0.05) is 12.2 Å². The number of aryl methyl sites for hydroxylation is 1. The Balaban J connectivity index is 2.31. The van der Waals surface area contributed by atoms with E-state index in [9.17, 15) is 19.5 Å². The molecular formula is C20H27NO5. The SMILES string of the molecule is CCCCC[C@H](C(=O)OC)C(C(=O)O)C(=O)N1CCCc2ccccc21. The minimum Gasteiger partial charge on any atom is -0.481 e. The fourth-order valence-corrected chi connectivity index (χ4v) is 3.57. The fraction of sp³-hybridized carbons (Fsp3) is 0.550. The summed E-state index contributed by atoms with van der Waals surface area (Å²) in [5.41, 5.74) is 1.77. The van der Waals surface area contributed by atoms with Crippen molar-refractivity contribution >= 4 is 23.5 Å². The van der Waals surface area contributed by atoms with Crippen LogP contribution in [0.3, 0.4) is 0 Å². The predicted molar refractivity (Wildman–Crippen MR) is 97.9 cm³/mol. The molecule has 1 amide bonds. The zero-order valence-electron chi connectivity index (χ0n) is 15.4.